The van der Waals surface area contributed by atoms with Crippen molar-refractivity contribution in [1.29, 1.82) is 0 Å². The minimum Gasteiger partial charge on any atom is -0.508 e. The third-order valence-corrected chi connectivity index (χ3v) is 3.17. The van der Waals surface area contributed by atoms with Crippen molar-refractivity contribution in [2.24, 2.45) is 5.41 Å². The van der Waals surface area contributed by atoms with Crippen LogP contribution in [-0.4, -0.2) is 29.7 Å². The van der Waals surface area contributed by atoms with Crippen molar-refractivity contribution in [3.63, 3.8) is 0 Å². The zero-order valence-electron chi connectivity index (χ0n) is 11.8. The van der Waals surface area contributed by atoms with Gasteiger partial charge in [0.15, 0.2) is 0 Å². The predicted molar refractivity (Wildman–Crippen MR) is 74.0 cm³/mol. The molecule has 106 valence electrons. The van der Waals surface area contributed by atoms with Gasteiger partial charge in [0, 0.05) is 25.2 Å². The van der Waals surface area contributed by atoms with E-state index in [1.165, 1.54) is 18.2 Å². The Balaban J connectivity index is 2.73. The van der Waals surface area contributed by atoms with E-state index in [2.05, 4.69) is 10.6 Å². The number of benzene rings is 1. The summed E-state index contributed by atoms with van der Waals surface area (Å²) in [6, 6.07) is 4.23. The van der Waals surface area contributed by atoms with Crippen molar-refractivity contribution in [1.82, 2.24) is 10.6 Å². The van der Waals surface area contributed by atoms with Crippen molar-refractivity contribution in [3.8, 4) is 11.5 Å². The molecule has 1 aromatic carbocycles. The molecule has 1 aromatic rings. The van der Waals surface area contributed by atoms with Gasteiger partial charge in [-0.3, -0.25) is 4.79 Å². The van der Waals surface area contributed by atoms with Gasteiger partial charge in [0.1, 0.15) is 11.5 Å². The molecular formula is C14H22N2O3. The van der Waals surface area contributed by atoms with Crippen LogP contribution in [0.3, 0.4) is 0 Å². The van der Waals surface area contributed by atoms with Crippen molar-refractivity contribution in [3.05, 3.63) is 23.8 Å². The molecule has 1 amide bonds. The number of carbonyl (C=O) groups is 1. The van der Waals surface area contributed by atoms with Gasteiger partial charge in [-0.15, -0.1) is 0 Å². The monoisotopic (exact) mass is 266 g/mol. The van der Waals surface area contributed by atoms with Crippen LogP contribution in [0.4, 0.5) is 0 Å². The second-order valence-corrected chi connectivity index (χ2v) is 5.31. The van der Waals surface area contributed by atoms with E-state index in [1.807, 2.05) is 20.8 Å². The third-order valence-electron chi connectivity index (χ3n) is 3.17. The maximum Gasteiger partial charge on any atom is 0.226 e. The lowest BCUT2D eigenvalue weighted by Crippen LogP contribution is -2.42. The Morgan fingerprint density at radius 3 is 2.58 bits per heavy atom. The predicted octanol–water partition coefficient (Wildman–Crippen LogP) is 1.52. The standard InChI is InChI=1S/C14H22N2O3/c1-9(11-7-10(17)5-6-12(11)18)16-8-14(2,3)13(19)15-4/h5-7,9,16-18H,8H2,1-4H3,(H,15,19). The summed E-state index contributed by atoms with van der Waals surface area (Å²) in [6.07, 6.45) is 0. The largest absolute Gasteiger partial charge is 0.508 e. The zero-order chi connectivity index (χ0) is 14.6. The van der Waals surface area contributed by atoms with Crippen molar-refractivity contribution >= 4 is 5.91 Å². The first kappa shape index (κ1) is 15.3. The summed E-state index contributed by atoms with van der Waals surface area (Å²) >= 11 is 0. The molecule has 0 radical (unpaired) electrons. The van der Waals surface area contributed by atoms with Crippen LogP contribution in [0, 0.1) is 5.41 Å². The Labute approximate surface area is 113 Å². The van der Waals surface area contributed by atoms with Gasteiger partial charge in [-0.2, -0.15) is 0 Å². The number of hydrogen-bond donors (Lipinski definition) is 4. The summed E-state index contributed by atoms with van der Waals surface area (Å²) in [5, 5.41) is 25.0. The van der Waals surface area contributed by atoms with Crippen molar-refractivity contribution in [2.45, 2.75) is 26.8 Å². The highest BCUT2D eigenvalue weighted by Crippen LogP contribution is 2.28. The number of nitrogens with one attached hydrogen (secondary N) is 2. The number of phenols is 2. The Morgan fingerprint density at radius 1 is 1.37 bits per heavy atom. The van der Waals surface area contributed by atoms with Gasteiger partial charge in [-0.1, -0.05) is 0 Å². The van der Waals surface area contributed by atoms with Crippen LogP contribution in [-0.2, 0) is 4.79 Å². The van der Waals surface area contributed by atoms with E-state index >= 15 is 0 Å². The number of hydrogen-bond acceptors (Lipinski definition) is 4. The van der Waals surface area contributed by atoms with Crippen LogP contribution in [0.2, 0.25) is 0 Å². The third kappa shape index (κ3) is 3.86. The maximum atomic E-state index is 11.7. The highest BCUT2D eigenvalue weighted by atomic mass is 16.3. The first-order valence-corrected chi connectivity index (χ1v) is 6.25. The van der Waals surface area contributed by atoms with Gasteiger partial charge in [-0.05, 0) is 39.0 Å². The highest BCUT2D eigenvalue weighted by molar-refractivity contribution is 5.81. The van der Waals surface area contributed by atoms with E-state index in [4.69, 9.17) is 0 Å². The van der Waals surface area contributed by atoms with E-state index in [0.29, 0.717) is 12.1 Å². The second kappa shape index (κ2) is 5.93. The molecule has 0 aromatic heterocycles. The summed E-state index contributed by atoms with van der Waals surface area (Å²) in [5.74, 6) is 0.176. The van der Waals surface area contributed by atoms with Crippen LogP contribution >= 0.6 is 0 Å². The Bertz CT molecular complexity index is 458. The summed E-state index contributed by atoms with van der Waals surface area (Å²) < 4.78 is 0. The molecule has 1 atom stereocenters. The number of phenolic OH excluding ortho intramolecular Hbond substituents is 2. The van der Waals surface area contributed by atoms with Crippen LogP contribution in [0.1, 0.15) is 32.4 Å². The van der Waals surface area contributed by atoms with E-state index in [9.17, 15) is 15.0 Å². The first-order valence-electron chi connectivity index (χ1n) is 6.25. The molecule has 19 heavy (non-hydrogen) atoms. The van der Waals surface area contributed by atoms with Gasteiger partial charge in [-0.25, -0.2) is 0 Å². The van der Waals surface area contributed by atoms with Crippen molar-refractivity contribution in [2.75, 3.05) is 13.6 Å². The molecule has 0 aliphatic carbocycles. The fraction of sp³-hybridized carbons (Fsp3) is 0.500. The van der Waals surface area contributed by atoms with Gasteiger partial charge in [0.2, 0.25) is 5.91 Å². The lowest BCUT2D eigenvalue weighted by Gasteiger charge is -2.26. The molecule has 0 bridgehead atoms. The zero-order valence-corrected chi connectivity index (χ0v) is 11.8. The highest BCUT2D eigenvalue weighted by Gasteiger charge is 2.27. The van der Waals surface area contributed by atoms with Gasteiger partial charge in [0.25, 0.3) is 0 Å². The van der Waals surface area contributed by atoms with Crippen LogP contribution in [0.15, 0.2) is 18.2 Å². The molecule has 0 saturated carbocycles. The van der Waals surface area contributed by atoms with Gasteiger partial charge >= 0.3 is 0 Å². The molecule has 5 heteroatoms. The minimum absolute atomic E-state index is 0.0488. The SMILES string of the molecule is CNC(=O)C(C)(C)CNC(C)c1cc(O)ccc1O. The summed E-state index contributed by atoms with van der Waals surface area (Å²) in [6.45, 7) is 6.01. The number of aromatic hydroxyl groups is 2. The first-order chi connectivity index (χ1) is 8.77. The molecule has 1 unspecified atom stereocenters. The average Bonchev–Trinajstić information content (AvgIpc) is 2.37. The molecule has 0 heterocycles. The topological polar surface area (TPSA) is 81.6 Å². The quantitative estimate of drug-likeness (QED) is 0.609. The Morgan fingerprint density at radius 2 is 2.00 bits per heavy atom. The molecule has 5 nitrogen and oxygen atoms in total. The van der Waals surface area contributed by atoms with E-state index in [1.54, 1.807) is 7.05 Å². The molecule has 4 N–H and O–H groups in total. The Kier molecular flexibility index (Phi) is 4.78. The summed E-state index contributed by atoms with van der Waals surface area (Å²) in [4.78, 5) is 11.7. The molecule has 0 fully saturated rings. The summed E-state index contributed by atoms with van der Waals surface area (Å²) in [7, 11) is 1.61. The summed E-state index contributed by atoms with van der Waals surface area (Å²) in [5.41, 5.74) is 0.0582. The minimum atomic E-state index is -0.546. The number of carbonyl (C=O) groups excluding carboxylic acids is 1. The van der Waals surface area contributed by atoms with E-state index in [-0.39, 0.29) is 23.4 Å². The van der Waals surface area contributed by atoms with Crippen LogP contribution < -0.4 is 10.6 Å². The molecular weight excluding hydrogens is 244 g/mol. The fourth-order valence-electron chi connectivity index (χ4n) is 1.83. The average molecular weight is 266 g/mol. The molecule has 0 spiro atoms. The molecule has 1 rings (SSSR count). The molecule has 0 aliphatic heterocycles. The van der Waals surface area contributed by atoms with Gasteiger partial charge in [0.05, 0.1) is 5.41 Å². The second-order valence-electron chi connectivity index (χ2n) is 5.31. The number of rotatable bonds is 5. The van der Waals surface area contributed by atoms with Crippen molar-refractivity contribution < 1.29 is 15.0 Å². The normalized spacial score (nSPS) is 13.1. The van der Waals surface area contributed by atoms with Gasteiger partial charge < -0.3 is 20.8 Å². The maximum absolute atomic E-state index is 11.7. The number of amides is 1. The fourth-order valence-corrected chi connectivity index (χ4v) is 1.83. The van der Waals surface area contributed by atoms with Crippen LogP contribution in [0.5, 0.6) is 11.5 Å². The lowest BCUT2D eigenvalue weighted by atomic mass is 9.91. The van der Waals surface area contributed by atoms with E-state index in [0.717, 1.165) is 0 Å². The molecule has 0 saturated heterocycles. The lowest BCUT2D eigenvalue weighted by molar-refractivity contribution is -0.128. The van der Waals surface area contributed by atoms with Crippen LogP contribution in [0.25, 0.3) is 0 Å². The smallest absolute Gasteiger partial charge is 0.226 e. The molecule has 0 aliphatic rings. The Hall–Kier alpha value is -1.75. The van der Waals surface area contributed by atoms with E-state index < -0.39 is 5.41 Å².